The Bertz CT molecular complexity index is 979. The number of Topliss-reactive ketones (excluding diaryl/α,β-unsaturated/α-hetero) is 1. The number of hydrogen-bond donors (Lipinski definition) is 0. The van der Waals surface area contributed by atoms with Gasteiger partial charge in [0, 0.05) is 11.8 Å². The molecule has 0 radical (unpaired) electrons. The van der Waals surface area contributed by atoms with E-state index in [1.54, 1.807) is 0 Å². The summed E-state index contributed by atoms with van der Waals surface area (Å²) in [5, 5.41) is 4.03. The van der Waals surface area contributed by atoms with Crippen LogP contribution in [0.25, 0.3) is 16.8 Å². The van der Waals surface area contributed by atoms with E-state index in [-0.39, 0.29) is 16.8 Å². The molecule has 0 amide bonds. The molecule has 0 saturated carbocycles. The molecular formula is C17H8F4N2O. The predicted molar refractivity (Wildman–Crippen MR) is 78.8 cm³/mol. The average molecular weight is 332 g/mol. The number of ketones is 1. The Kier molecular flexibility index (Phi) is 3.60. The second kappa shape index (κ2) is 5.49. The molecule has 3 aromatic rings. The van der Waals surface area contributed by atoms with E-state index in [0.717, 1.165) is 35.0 Å². The monoisotopic (exact) mass is 332 g/mol. The quantitative estimate of drug-likeness (QED) is 0.308. The predicted octanol–water partition coefficient (Wildman–Crippen LogP) is 3.98. The maximum atomic E-state index is 13.1. The number of hydrogen-bond acceptors (Lipinski definition) is 2. The third kappa shape index (κ3) is 2.63. The van der Waals surface area contributed by atoms with E-state index >= 15 is 0 Å². The summed E-state index contributed by atoms with van der Waals surface area (Å²) in [7, 11) is 0. The van der Waals surface area contributed by atoms with Gasteiger partial charge in [-0.05, 0) is 42.3 Å². The number of nitrogens with zero attached hydrogens (tertiary/aromatic N) is 2. The standard InChI is InChI=1S/C17H8F4N2O/c1-2-14(24)15-13-8-5-11(17(19,20)21)9-23(13)22-16(15)10-3-6-12(18)7-4-10/h1,3-9H. The summed E-state index contributed by atoms with van der Waals surface area (Å²) in [6, 6.07) is 7.03. The summed E-state index contributed by atoms with van der Waals surface area (Å²) in [4.78, 5) is 12.0. The van der Waals surface area contributed by atoms with Crippen LogP contribution in [0.1, 0.15) is 15.9 Å². The number of halogens is 4. The van der Waals surface area contributed by atoms with E-state index in [9.17, 15) is 22.4 Å². The second-order valence-electron chi connectivity index (χ2n) is 4.95. The van der Waals surface area contributed by atoms with E-state index in [1.165, 1.54) is 12.1 Å². The van der Waals surface area contributed by atoms with Crippen LogP contribution in [0.4, 0.5) is 17.6 Å². The van der Waals surface area contributed by atoms with Crippen LogP contribution in [-0.4, -0.2) is 15.4 Å². The molecule has 2 aromatic heterocycles. The highest BCUT2D eigenvalue weighted by molar-refractivity contribution is 6.16. The highest BCUT2D eigenvalue weighted by atomic mass is 19.4. The lowest BCUT2D eigenvalue weighted by molar-refractivity contribution is -0.137. The van der Waals surface area contributed by atoms with Gasteiger partial charge in [0.15, 0.2) is 0 Å². The number of pyridine rings is 1. The lowest BCUT2D eigenvalue weighted by atomic mass is 10.0. The first-order valence-electron chi connectivity index (χ1n) is 6.67. The fourth-order valence-electron chi connectivity index (χ4n) is 2.32. The first-order valence-corrected chi connectivity index (χ1v) is 6.67. The van der Waals surface area contributed by atoms with Gasteiger partial charge >= 0.3 is 6.18 Å². The van der Waals surface area contributed by atoms with Crippen molar-refractivity contribution < 1.29 is 22.4 Å². The van der Waals surface area contributed by atoms with E-state index in [4.69, 9.17) is 6.42 Å². The second-order valence-corrected chi connectivity index (χ2v) is 4.95. The molecule has 0 atom stereocenters. The fraction of sp³-hybridized carbons (Fsp3) is 0.0588. The van der Waals surface area contributed by atoms with Gasteiger partial charge in [0.1, 0.15) is 11.5 Å². The van der Waals surface area contributed by atoms with Crippen molar-refractivity contribution in [2.45, 2.75) is 6.18 Å². The van der Waals surface area contributed by atoms with Gasteiger partial charge in [-0.25, -0.2) is 8.91 Å². The maximum Gasteiger partial charge on any atom is 0.417 e. The Morgan fingerprint density at radius 2 is 1.79 bits per heavy atom. The molecule has 120 valence electrons. The van der Waals surface area contributed by atoms with Gasteiger partial charge in [-0.1, -0.05) is 0 Å². The number of alkyl halides is 3. The number of fused-ring (bicyclic) bond motifs is 1. The maximum absolute atomic E-state index is 13.1. The van der Waals surface area contributed by atoms with Gasteiger partial charge in [0.2, 0.25) is 5.78 Å². The Labute approximate surface area is 133 Å². The number of benzene rings is 1. The summed E-state index contributed by atoms with van der Waals surface area (Å²) < 4.78 is 52.5. The topological polar surface area (TPSA) is 34.4 Å². The van der Waals surface area contributed by atoms with Crippen molar-refractivity contribution in [3.8, 4) is 23.6 Å². The van der Waals surface area contributed by atoms with Gasteiger partial charge in [-0.3, -0.25) is 4.79 Å². The zero-order chi connectivity index (χ0) is 17.5. The van der Waals surface area contributed by atoms with Crippen molar-refractivity contribution in [1.82, 2.24) is 9.61 Å². The molecule has 7 heteroatoms. The molecule has 2 heterocycles. The van der Waals surface area contributed by atoms with E-state index in [2.05, 4.69) is 5.10 Å². The van der Waals surface area contributed by atoms with Crippen LogP contribution in [0.3, 0.4) is 0 Å². The van der Waals surface area contributed by atoms with Crippen molar-refractivity contribution in [2.24, 2.45) is 0 Å². The van der Waals surface area contributed by atoms with Crippen molar-refractivity contribution in [3.63, 3.8) is 0 Å². The summed E-state index contributed by atoms with van der Waals surface area (Å²) in [5.74, 6) is 0.725. The summed E-state index contributed by atoms with van der Waals surface area (Å²) in [6.07, 6.45) is 1.37. The van der Waals surface area contributed by atoms with Crippen LogP contribution in [0.2, 0.25) is 0 Å². The molecule has 0 saturated heterocycles. The van der Waals surface area contributed by atoms with Crippen LogP contribution < -0.4 is 0 Å². The third-order valence-corrected chi connectivity index (χ3v) is 3.43. The lowest BCUT2D eigenvalue weighted by Gasteiger charge is -2.06. The molecule has 0 fully saturated rings. The van der Waals surface area contributed by atoms with Gasteiger partial charge in [0.25, 0.3) is 0 Å². The van der Waals surface area contributed by atoms with Crippen molar-refractivity contribution in [3.05, 3.63) is 59.5 Å². The molecule has 3 nitrogen and oxygen atoms in total. The summed E-state index contributed by atoms with van der Waals surface area (Å²) in [6.45, 7) is 0. The molecule has 0 aliphatic rings. The highest BCUT2D eigenvalue weighted by Gasteiger charge is 2.31. The average Bonchev–Trinajstić information content (AvgIpc) is 2.92. The minimum atomic E-state index is -4.55. The smallest absolute Gasteiger partial charge is 0.279 e. The third-order valence-electron chi connectivity index (χ3n) is 3.43. The van der Waals surface area contributed by atoms with Crippen molar-refractivity contribution in [2.75, 3.05) is 0 Å². The Morgan fingerprint density at radius 3 is 2.38 bits per heavy atom. The van der Waals surface area contributed by atoms with Crippen LogP contribution in [0.5, 0.6) is 0 Å². The Hall–Kier alpha value is -3.14. The van der Waals surface area contributed by atoms with Gasteiger partial charge in [0.05, 0.1) is 16.6 Å². The number of aromatic nitrogens is 2. The number of carbonyl (C=O) groups excluding carboxylic acids is 1. The number of rotatable bonds is 2. The summed E-state index contributed by atoms with van der Waals surface area (Å²) >= 11 is 0. The molecular weight excluding hydrogens is 324 g/mol. The molecule has 0 N–H and O–H groups in total. The summed E-state index contributed by atoms with van der Waals surface area (Å²) in [5.41, 5.74) is -0.310. The molecule has 24 heavy (non-hydrogen) atoms. The zero-order valence-electron chi connectivity index (χ0n) is 11.9. The van der Waals surface area contributed by atoms with Crippen LogP contribution >= 0.6 is 0 Å². The molecule has 3 rings (SSSR count). The molecule has 0 spiro atoms. The number of terminal acetylenes is 1. The minimum absolute atomic E-state index is 0.00201. The number of carbonyl (C=O) groups is 1. The Morgan fingerprint density at radius 1 is 1.12 bits per heavy atom. The minimum Gasteiger partial charge on any atom is -0.279 e. The zero-order valence-corrected chi connectivity index (χ0v) is 11.9. The van der Waals surface area contributed by atoms with Crippen molar-refractivity contribution in [1.29, 1.82) is 0 Å². The lowest BCUT2D eigenvalue weighted by Crippen LogP contribution is -2.06. The van der Waals surface area contributed by atoms with Crippen LogP contribution in [0, 0.1) is 18.2 Å². The molecule has 0 aliphatic heterocycles. The normalized spacial score (nSPS) is 11.5. The first kappa shape index (κ1) is 15.7. The van der Waals surface area contributed by atoms with E-state index < -0.39 is 23.3 Å². The highest BCUT2D eigenvalue weighted by Crippen LogP contribution is 2.32. The van der Waals surface area contributed by atoms with Crippen LogP contribution in [0.15, 0.2) is 42.6 Å². The fourth-order valence-corrected chi connectivity index (χ4v) is 2.32. The first-order chi connectivity index (χ1) is 11.3. The SMILES string of the molecule is C#CC(=O)c1c(-c2ccc(F)cc2)nn2cc(C(F)(F)F)ccc12. The van der Waals surface area contributed by atoms with Gasteiger partial charge in [-0.2, -0.15) is 18.3 Å². The van der Waals surface area contributed by atoms with Crippen LogP contribution in [-0.2, 0) is 6.18 Å². The van der Waals surface area contributed by atoms with E-state index in [1.807, 2.05) is 5.92 Å². The van der Waals surface area contributed by atoms with Gasteiger partial charge in [-0.15, -0.1) is 6.42 Å². The van der Waals surface area contributed by atoms with Gasteiger partial charge < -0.3 is 0 Å². The molecule has 1 aromatic carbocycles. The van der Waals surface area contributed by atoms with E-state index in [0.29, 0.717) is 5.56 Å². The molecule has 0 aliphatic carbocycles. The molecule has 0 bridgehead atoms. The molecule has 0 unspecified atom stereocenters. The Balaban J connectivity index is 2.30. The van der Waals surface area contributed by atoms with Crippen molar-refractivity contribution >= 4 is 11.3 Å². The largest absolute Gasteiger partial charge is 0.417 e.